The average molecular weight is 521 g/mol. The lowest BCUT2D eigenvalue weighted by molar-refractivity contribution is -0.113. The number of aromatic nitrogens is 4. The van der Waals surface area contributed by atoms with Gasteiger partial charge in [0.25, 0.3) is 5.91 Å². The fourth-order valence-corrected chi connectivity index (χ4v) is 4.58. The van der Waals surface area contributed by atoms with Crippen molar-refractivity contribution >= 4 is 35.0 Å². The highest BCUT2D eigenvalue weighted by atomic mass is 32.2. The van der Waals surface area contributed by atoms with E-state index in [0.717, 1.165) is 11.1 Å². The van der Waals surface area contributed by atoms with E-state index < -0.39 is 0 Å². The van der Waals surface area contributed by atoms with Crippen LogP contribution in [0.2, 0.25) is 0 Å². The van der Waals surface area contributed by atoms with Gasteiger partial charge >= 0.3 is 0 Å². The fourth-order valence-electron chi connectivity index (χ4n) is 3.84. The van der Waals surface area contributed by atoms with Crippen LogP contribution in [0, 0.1) is 0 Å². The zero-order valence-corrected chi connectivity index (χ0v) is 21.1. The summed E-state index contributed by atoms with van der Waals surface area (Å²) in [6.45, 7) is 0.546. The molecule has 2 aromatic heterocycles. The van der Waals surface area contributed by atoms with Crippen LogP contribution in [-0.4, -0.2) is 37.3 Å². The van der Waals surface area contributed by atoms with Crippen molar-refractivity contribution in [2.45, 2.75) is 11.7 Å². The molecule has 0 fully saturated rings. The largest absolute Gasteiger partial charge is 0.325 e. The Hall–Kier alpha value is -4.76. The Morgan fingerprint density at radius 3 is 2.29 bits per heavy atom. The molecule has 0 unspecified atom stereocenters. The van der Waals surface area contributed by atoms with Crippen LogP contribution >= 0.6 is 11.8 Å². The highest BCUT2D eigenvalue weighted by molar-refractivity contribution is 7.99. The number of amides is 2. The summed E-state index contributed by atoms with van der Waals surface area (Å²) < 4.78 is 1.98. The second kappa shape index (κ2) is 12.0. The van der Waals surface area contributed by atoms with Gasteiger partial charge in [0.1, 0.15) is 0 Å². The number of nitrogens with one attached hydrogen (secondary N) is 2. The number of carbonyl (C=O) groups excluding carboxylic acids is 2. The van der Waals surface area contributed by atoms with Gasteiger partial charge in [0.2, 0.25) is 5.91 Å². The smallest absolute Gasteiger partial charge is 0.257 e. The van der Waals surface area contributed by atoms with E-state index >= 15 is 0 Å². The number of hydrogen-bond acceptors (Lipinski definition) is 6. The Kier molecular flexibility index (Phi) is 7.86. The molecular weight excluding hydrogens is 496 g/mol. The van der Waals surface area contributed by atoms with Crippen molar-refractivity contribution in [3.8, 4) is 11.4 Å². The summed E-state index contributed by atoms with van der Waals surface area (Å²) in [4.78, 5) is 30.0. The molecule has 0 atom stereocenters. The van der Waals surface area contributed by atoms with Crippen LogP contribution in [0.15, 0.2) is 115 Å². The molecule has 0 saturated carbocycles. The summed E-state index contributed by atoms with van der Waals surface area (Å²) in [7, 11) is 0. The van der Waals surface area contributed by atoms with Gasteiger partial charge in [0.15, 0.2) is 11.0 Å². The molecule has 0 aliphatic rings. The molecule has 0 spiro atoms. The van der Waals surface area contributed by atoms with Gasteiger partial charge in [-0.2, -0.15) is 0 Å². The van der Waals surface area contributed by atoms with Gasteiger partial charge in [-0.1, -0.05) is 72.4 Å². The molecule has 2 heterocycles. The highest BCUT2D eigenvalue weighted by Gasteiger charge is 2.18. The quantitative estimate of drug-likeness (QED) is 0.253. The second-order valence-corrected chi connectivity index (χ2v) is 9.26. The minimum atomic E-state index is -0.302. The van der Waals surface area contributed by atoms with Gasteiger partial charge in [-0.3, -0.25) is 19.1 Å². The van der Waals surface area contributed by atoms with Gasteiger partial charge < -0.3 is 10.6 Å². The molecule has 0 radical (unpaired) electrons. The Balaban J connectivity index is 1.30. The molecule has 3 aromatic carbocycles. The Morgan fingerprint density at radius 1 is 0.789 bits per heavy atom. The van der Waals surface area contributed by atoms with Crippen LogP contribution in [0.3, 0.4) is 0 Å². The average Bonchev–Trinajstić information content (AvgIpc) is 3.36. The van der Waals surface area contributed by atoms with Crippen molar-refractivity contribution in [2.24, 2.45) is 0 Å². The van der Waals surface area contributed by atoms with Crippen LogP contribution in [0.4, 0.5) is 11.4 Å². The maximum Gasteiger partial charge on any atom is 0.257 e. The summed E-state index contributed by atoms with van der Waals surface area (Å²) in [6.07, 6.45) is 3.45. The van der Waals surface area contributed by atoms with Crippen LogP contribution < -0.4 is 10.6 Å². The predicted octanol–water partition coefficient (Wildman–Crippen LogP) is 5.37. The first kappa shape index (κ1) is 24.9. The van der Waals surface area contributed by atoms with Gasteiger partial charge in [-0.25, -0.2) is 0 Å². The number of anilines is 2. The summed E-state index contributed by atoms with van der Waals surface area (Å²) >= 11 is 1.28. The number of para-hydroxylation sites is 2. The van der Waals surface area contributed by atoms with E-state index in [1.54, 1.807) is 48.8 Å². The molecule has 5 rings (SSSR count). The third kappa shape index (κ3) is 6.13. The summed E-state index contributed by atoms with van der Waals surface area (Å²) in [5.74, 6) is 0.206. The van der Waals surface area contributed by atoms with Crippen molar-refractivity contribution in [3.05, 3.63) is 121 Å². The lowest BCUT2D eigenvalue weighted by Crippen LogP contribution is -2.19. The number of rotatable bonds is 9. The number of hydrogen-bond donors (Lipinski definition) is 2. The fraction of sp³-hybridized carbons (Fsp3) is 0.0690. The molecule has 2 N–H and O–H groups in total. The van der Waals surface area contributed by atoms with Gasteiger partial charge in [-0.15, -0.1) is 10.2 Å². The van der Waals surface area contributed by atoms with Crippen LogP contribution in [-0.2, 0) is 11.3 Å². The standard InChI is InChI=1S/C29H24N6O2S/c36-26(32-25-16-8-7-15-24(25)28(37)31-23-13-5-2-6-14-23)20-38-29-34-33-27(22-12-9-17-30-18-22)35(29)19-21-10-3-1-4-11-21/h1-18H,19-20H2,(H,31,37)(H,32,36). The lowest BCUT2D eigenvalue weighted by atomic mass is 10.1. The first-order chi connectivity index (χ1) is 18.7. The van der Waals surface area contributed by atoms with Crippen LogP contribution in [0.25, 0.3) is 11.4 Å². The third-order valence-corrected chi connectivity index (χ3v) is 6.60. The molecule has 8 nitrogen and oxygen atoms in total. The van der Waals surface area contributed by atoms with Crippen LogP contribution in [0.1, 0.15) is 15.9 Å². The van der Waals surface area contributed by atoms with E-state index in [1.165, 1.54) is 11.8 Å². The molecule has 188 valence electrons. The first-order valence-electron chi connectivity index (χ1n) is 11.9. The van der Waals surface area contributed by atoms with Crippen molar-refractivity contribution in [3.63, 3.8) is 0 Å². The molecule has 0 aliphatic carbocycles. The molecular formula is C29H24N6O2S. The SMILES string of the molecule is O=C(CSc1nnc(-c2cccnc2)n1Cc1ccccc1)Nc1ccccc1C(=O)Nc1ccccc1. The number of pyridine rings is 1. The van der Waals surface area contributed by atoms with Crippen LogP contribution in [0.5, 0.6) is 0 Å². The molecule has 0 saturated heterocycles. The Bertz CT molecular complexity index is 1530. The number of nitrogens with zero attached hydrogens (tertiary/aromatic N) is 4. The summed E-state index contributed by atoms with van der Waals surface area (Å²) in [6, 6.07) is 29.9. The molecule has 5 aromatic rings. The maximum atomic E-state index is 12.9. The first-order valence-corrected chi connectivity index (χ1v) is 12.9. The van der Waals surface area contributed by atoms with E-state index in [9.17, 15) is 9.59 Å². The highest BCUT2D eigenvalue weighted by Crippen LogP contribution is 2.25. The number of thioether (sulfide) groups is 1. The van der Waals surface area contributed by atoms with Crippen molar-refractivity contribution in [2.75, 3.05) is 16.4 Å². The third-order valence-electron chi connectivity index (χ3n) is 5.63. The predicted molar refractivity (Wildman–Crippen MR) is 149 cm³/mol. The molecule has 0 bridgehead atoms. The lowest BCUT2D eigenvalue weighted by Gasteiger charge is -2.12. The number of carbonyl (C=O) groups is 2. The maximum absolute atomic E-state index is 12.9. The molecule has 9 heteroatoms. The topological polar surface area (TPSA) is 102 Å². The summed E-state index contributed by atoms with van der Waals surface area (Å²) in [5.41, 5.74) is 3.41. The number of benzene rings is 3. The second-order valence-electron chi connectivity index (χ2n) is 8.32. The normalized spacial score (nSPS) is 10.6. The van der Waals surface area contributed by atoms with E-state index in [4.69, 9.17) is 0 Å². The van der Waals surface area contributed by atoms with E-state index in [0.29, 0.717) is 34.5 Å². The van der Waals surface area contributed by atoms with Gasteiger partial charge in [0.05, 0.1) is 23.5 Å². The van der Waals surface area contributed by atoms with Gasteiger partial charge in [0, 0.05) is 23.6 Å². The van der Waals surface area contributed by atoms with Crippen molar-refractivity contribution in [1.29, 1.82) is 0 Å². The minimum absolute atomic E-state index is 0.0919. The van der Waals surface area contributed by atoms with E-state index in [-0.39, 0.29) is 17.6 Å². The molecule has 2 amide bonds. The van der Waals surface area contributed by atoms with Crippen molar-refractivity contribution < 1.29 is 9.59 Å². The Morgan fingerprint density at radius 2 is 1.53 bits per heavy atom. The van der Waals surface area contributed by atoms with Gasteiger partial charge in [-0.05, 0) is 42.0 Å². The minimum Gasteiger partial charge on any atom is -0.325 e. The monoisotopic (exact) mass is 520 g/mol. The van der Waals surface area contributed by atoms with Crippen molar-refractivity contribution in [1.82, 2.24) is 19.7 Å². The molecule has 0 aliphatic heterocycles. The summed E-state index contributed by atoms with van der Waals surface area (Å²) in [5, 5.41) is 15.1. The molecule has 38 heavy (non-hydrogen) atoms. The Labute approximate surface area is 224 Å². The zero-order valence-electron chi connectivity index (χ0n) is 20.3. The zero-order chi connectivity index (χ0) is 26.2. The van der Waals surface area contributed by atoms with E-state index in [2.05, 4.69) is 25.8 Å². The van der Waals surface area contributed by atoms with E-state index in [1.807, 2.05) is 65.2 Å².